The van der Waals surface area contributed by atoms with Gasteiger partial charge < -0.3 is 10.6 Å². The second kappa shape index (κ2) is 6.42. The quantitative estimate of drug-likeness (QED) is 0.763. The van der Waals surface area contributed by atoms with E-state index in [1.807, 2.05) is 13.8 Å². The van der Waals surface area contributed by atoms with Gasteiger partial charge in [-0.05, 0) is 32.1 Å². The third-order valence-corrected chi connectivity index (χ3v) is 3.14. The van der Waals surface area contributed by atoms with E-state index in [1.165, 1.54) is 0 Å². The SMILES string of the molecule is CC#C[C@H]1CC[C@@H](C#N)N1C(=O)[C@H](N)CC(C)C. The van der Waals surface area contributed by atoms with Crippen LogP contribution in [0.4, 0.5) is 0 Å². The van der Waals surface area contributed by atoms with E-state index < -0.39 is 6.04 Å². The van der Waals surface area contributed by atoms with Crippen molar-refractivity contribution >= 4 is 5.91 Å². The van der Waals surface area contributed by atoms with Crippen LogP contribution in [0.1, 0.15) is 40.0 Å². The molecular weight excluding hydrogens is 226 g/mol. The number of rotatable bonds is 3. The highest BCUT2D eigenvalue weighted by molar-refractivity contribution is 5.83. The Labute approximate surface area is 109 Å². The lowest BCUT2D eigenvalue weighted by Crippen LogP contribution is -2.49. The predicted molar refractivity (Wildman–Crippen MR) is 70.1 cm³/mol. The van der Waals surface area contributed by atoms with E-state index in [9.17, 15) is 4.79 Å². The van der Waals surface area contributed by atoms with Gasteiger partial charge in [-0.1, -0.05) is 19.8 Å². The molecule has 18 heavy (non-hydrogen) atoms. The number of likely N-dealkylation sites (tertiary alicyclic amines) is 1. The Bertz CT molecular complexity index is 399. The number of hydrogen-bond donors (Lipinski definition) is 1. The summed E-state index contributed by atoms with van der Waals surface area (Å²) in [5, 5.41) is 9.10. The topological polar surface area (TPSA) is 70.1 Å². The van der Waals surface area contributed by atoms with Crippen molar-refractivity contribution in [3.63, 3.8) is 0 Å². The Morgan fingerprint density at radius 1 is 1.44 bits per heavy atom. The molecule has 0 aromatic carbocycles. The molecule has 0 aromatic heterocycles. The molecule has 0 aliphatic carbocycles. The number of nitrogens with zero attached hydrogens (tertiary/aromatic N) is 2. The highest BCUT2D eigenvalue weighted by Crippen LogP contribution is 2.24. The average molecular weight is 247 g/mol. The molecule has 1 saturated heterocycles. The van der Waals surface area contributed by atoms with Crippen LogP contribution in [-0.2, 0) is 4.79 Å². The Morgan fingerprint density at radius 2 is 2.06 bits per heavy atom. The van der Waals surface area contributed by atoms with Crippen LogP contribution in [0.15, 0.2) is 0 Å². The van der Waals surface area contributed by atoms with Crippen LogP contribution in [0.2, 0.25) is 0 Å². The number of nitriles is 1. The fourth-order valence-electron chi connectivity index (χ4n) is 2.35. The van der Waals surface area contributed by atoms with E-state index in [1.54, 1.807) is 11.8 Å². The minimum absolute atomic E-state index is 0.138. The molecule has 0 aromatic rings. The molecule has 4 nitrogen and oxygen atoms in total. The van der Waals surface area contributed by atoms with Gasteiger partial charge in [-0.2, -0.15) is 5.26 Å². The van der Waals surface area contributed by atoms with Crippen LogP contribution in [0, 0.1) is 29.1 Å². The van der Waals surface area contributed by atoms with E-state index in [0.29, 0.717) is 18.8 Å². The highest BCUT2D eigenvalue weighted by Gasteiger charge is 2.38. The Balaban J connectivity index is 2.84. The van der Waals surface area contributed by atoms with Gasteiger partial charge in [0.15, 0.2) is 0 Å². The van der Waals surface area contributed by atoms with Gasteiger partial charge in [0, 0.05) is 0 Å². The molecule has 98 valence electrons. The minimum Gasteiger partial charge on any atom is -0.320 e. The maximum Gasteiger partial charge on any atom is 0.241 e. The average Bonchev–Trinajstić information content (AvgIpc) is 2.70. The number of amides is 1. The molecule has 1 heterocycles. The maximum atomic E-state index is 12.3. The molecule has 0 radical (unpaired) electrons. The van der Waals surface area contributed by atoms with E-state index >= 15 is 0 Å². The lowest BCUT2D eigenvalue weighted by atomic mass is 10.0. The first-order chi connectivity index (χ1) is 8.51. The molecular formula is C14H21N3O. The molecule has 0 unspecified atom stereocenters. The van der Waals surface area contributed by atoms with Gasteiger partial charge in [-0.25, -0.2) is 0 Å². The van der Waals surface area contributed by atoms with Crippen molar-refractivity contribution in [2.45, 2.75) is 58.2 Å². The number of carbonyl (C=O) groups is 1. The van der Waals surface area contributed by atoms with Crippen LogP contribution in [0.25, 0.3) is 0 Å². The zero-order chi connectivity index (χ0) is 13.7. The standard InChI is InChI=1S/C14H21N3O/c1-4-5-11-6-7-12(9-15)17(11)14(18)13(16)8-10(2)3/h10-13H,6-8,16H2,1-3H3/t11-,12-,13+/m0/s1. The first-order valence-corrected chi connectivity index (χ1v) is 6.40. The highest BCUT2D eigenvalue weighted by atomic mass is 16.2. The summed E-state index contributed by atoms with van der Waals surface area (Å²) in [5.41, 5.74) is 5.92. The molecule has 0 spiro atoms. The monoisotopic (exact) mass is 247 g/mol. The normalized spacial score (nSPS) is 24.3. The lowest BCUT2D eigenvalue weighted by molar-refractivity contribution is -0.134. The van der Waals surface area contributed by atoms with Crippen molar-refractivity contribution in [2.75, 3.05) is 0 Å². The van der Waals surface area contributed by atoms with Crippen LogP contribution >= 0.6 is 0 Å². The Kier molecular flexibility index (Phi) is 5.19. The molecule has 1 fully saturated rings. The Hall–Kier alpha value is -1.52. The van der Waals surface area contributed by atoms with Crippen molar-refractivity contribution in [1.82, 2.24) is 4.90 Å². The largest absolute Gasteiger partial charge is 0.320 e. The minimum atomic E-state index is -0.528. The zero-order valence-corrected chi connectivity index (χ0v) is 11.3. The van der Waals surface area contributed by atoms with Crippen LogP contribution in [-0.4, -0.2) is 28.9 Å². The van der Waals surface area contributed by atoms with Gasteiger partial charge in [0.05, 0.1) is 18.2 Å². The van der Waals surface area contributed by atoms with Gasteiger partial charge in [-0.3, -0.25) is 4.79 Å². The summed E-state index contributed by atoms with van der Waals surface area (Å²) in [7, 11) is 0. The number of nitrogens with two attached hydrogens (primary N) is 1. The molecule has 1 rings (SSSR count). The fourth-order valence-corrected chi connectivity index (χ4v) is 2.35. The first-order valence-electron chi connectivity index (χ1n) is 6.40. The van der Waals surface area contributed by atoms with E-state index in [4.69, 9.17) is 11.0 Å². The molecule has 3 atom stereocenters. The van der Waals surface area contributed by atoms with Crippen molar-refractivity contribution in [2.24, 2.45) is 11.7 Å². The molecule has 4 heteroatoms. The number of hydrogen-bond acceptors (Lipinski definition) is 3. The molecule has 0 saturated carbocycles. The van der Waals surface area contributed by atoms with Crippen LogP contribution in [0.3, 0.4) is 0 Å². The summed E-state index contributed by atoms with van der Waals surface area (Å²) in [6, 6.07) is 1.12. The summed E-state index contributed by atoms with van der Waals surface area (Å²) < 4.78 is 0. The third-order valence-electron chi connectivity index (χ3n) is 3.14. The Morgan fingerprint density at radius 3 is 2.56 bits per heavy atom. The van der Waals surface area contributed by atoms with Gasteiger partial charge in [0.2, 0.25) is 5.91 Å². The van der Waals surface area contributed by atoms with Crippen molar-refractivity contribution in [1.29, 1.82) is 5.26 Å². The summed E-state index contributed by atoms with van der Waals surface area (Å²) in [6.45, 7) is 5.81. The summed E-state index contributed by atoms with van der Waals surface area (Å²) in [6.07, 6.45) is 2.09. The first kappa shape index (κ1) is 14.5. The van der Waals surface area contributed by atoms with Crippen molar-refractivity contribution in [3.8, 4) is 17.9 Å². The molecule has 1 aliphatic rings. The number of carbonyl (C=O) groups excluding carboxylic acids is 1. The molecule has 1 aliphatic heterocycles. The summed E-state index contributed by atoms with van der Waals surface area (Å²) in [5.74, 6) is 6.05. The maximum absolute atomic E-state index is 12.3. The van der Waals surface area contributed by atoms with E-state index in [-0.39, 0.29) is 18.0 Å². The summed E-state index contributed by atoms with van der Waals surface area (Å²) >= 11 is 0. The van der Waals surface area contributed by atoms with E-state index in [2.05, 4.69) is 17.9 Å². The zero-order valence-electron chi connectivity index (χ0n) is 11.3. The van der Waals surface area contributed by atoms with E-state index in [0.717, 1.165) is 6.42 Å². The molecule has 0 bridgehead atoms. The van der Waals surface area contributed by atoms with Crippen LogP contribution in [0.5, 0.6) is 0 Å². The molecule has 2 N–H and O–H groups in total. The third kappa shape index (κ3) is 3.24. The van der Waals surface area contributed by atoms with Gasteiger partial charge in [-0.15, -0.1) is 5.92 Å². The van der Waals surface area contributed by atoms with Gasteiger partial charge in [0.25, 0.3) is 0 Å². The molecule has 1 amide bonds. The van der Waals surface area contributed by atoms with Crippen LogP contribution < -0.4 is 5.73 Å². The van der Waals surface area contributed by atoms with Gasteiger partial charge >= 0.3 is 0 Å². The predicted octanol–water partition coefficient (Wildman–Crippen LogP) is 1.27. The summed E-state index contributed by atoms with van der Waals surface area (Å²) in [4.78, 5) is 13.9. The van der Waals surface area contributed by atoms with Crippen molar-refractivity contribution in [3.05, 3.63) is 0 Å². The second-order valence-corrected chi connectivity index (χ2v) is 5.11. The van der Waals surface area contributed by atoms with Gasteiger partial charge in [0.1, 0.15) is 6.04 Å². The smallest absolute Gasteiger partial charge is 0.241 e. The lowest BCUT2D eigenvalue weighted by Gasteiger charge is -2.27. The van der Waals surface area contributed by atoms with Crippen molar-refractivity contribution < 1.29 is 4.79 Å². The second-order valence-electron chi connectivity index (χ2n) is 5.11. The fraction of sp³-hybridized carbons (Fsp3) is 0.714.